The summed E-state index contributed by atoms with van der Waals surface area (Å²) in [6.45, 7) is 3.19. The number of Topliss-reactive ketones (excluding diaryl/α,β-unsaturated/α-hetero) is 1. The lowest BCUT2D eigenvalue weighted by Gasteiger charge is -1.99. The Kier molecular flexibility index (Phi) is 2.63. The second-order valence-electron chi connectivity index (χ2n) is 3.61. The number of methoxy groups -OCH3 is 1. The Bertz CT molecular complexity index is 616. The zero-order valence-electron chi connectivity index (χ0n) is 9.72. The molecule has 6 nitrogen and oxygen atoms in total. The number of hydrogen-bond donors (Lipinski definition) is 0. The SMILES string of the molecule is COC(=O)c1cnn2c(C)c(C(C)=O)nc2c1. The molecule has 0 aromatic carbocycles. The number of aryl methyl sites for hydroxylation is 1. The van der Waals surface area contributed by atoms with Gasteiger partial charge in [-0.15, -0.1) is 0 Å². The quantitative estimate of drug-likeness (QED) is 0.572. The van der Waals surface area contributed by atoms with Gasteiger partial charge in [0.25, 0.3) is 0 Å². The van der Waals surface area contributed by atoms with E-state index in [1.807, 2.05) is 0 Å². The van der Waals surface area contributed by atoms with Crippen LogP contribution in [-0.2, 0) is 4.74 Å². The van der Waals surface area contributed by atoms with Crippen LogP contribution in [0.1, 0.15) is 33.5 Å². The molecule has 2 aromatic heterocycles. The van der Waals surface area contributed by atoms with Crippen LogP contribution in [0.5, 0.6) is 0 Å². The van der Waals surface area contributed by atoms with Crippen molar-refractivity contribution < 1.29 is 14.3 Å². The van der Waals surface area contributed by atoms with E-state index < -0.39 is 5.97 Å². The van der Waals surface area contributed by atoms with Crippen LogP contribution in [0, 0.1) is 6.92 Å². The van der Waals surface area contributed by atoms with Gasteiger partial charge in [0.1, 0.15) is 5.69 Å². The highest BCUT2D eigenvalue weighted by Crippen LogP contribution is 2.12. The number of hydrogen-bond acceptors (Lipinski definition) is 5. The van der Waals surface area contributed by atoms with E-state index in [-0.39, 0.29) is 5.78 Å². The third-order valence-corrected chi connectivity index (χ3v) is 2.46. The fraction of sp³-hybridized carbons (Fsp3) is 0.273. The molecule has 0 radical (unpaired) electrons. The number of ketones is 1. The molecule has 0 spiro atoms. The van der Waals surface area contributed by atoms with Crippen LogP contribution < -0.4 is 0 Å². The van der Waals surface area contributed by atoms with E-state index in [0.29, 0.717) is 22.6 Å². The number of carbonyl (C=O) groups is 2. The topological polar surface area (TPSA) is 73.6 Å². The molecule has 0 aliphatic rings. The van der Waals surface area contributed by atoms with E-state index in [9.17, 15) is 9.59 Å². The molecule has 17 heavy (non-hydrogen) atoms. The minimum atomic E-state index is -0.481. The summed E-state index contributed by atoms with van der Waals surface area (Å²) in [4.78, 5) is 26.8. The number of rotatable bonds is 2. The third kappa shape index (κ3) is 1.77. The Hall–Kier alpha value is -2.24. The van der Waals surface area contributed by atoms with Crippen molar-refractivity contribution in [1.29, 1.82) is 0 Å². The molecule has 0 N–H and O–H groups in total. The van der Waals surface area contributed by atoms with Gasteiger partial charge in [-0.05, 0) is 13.0 Å². The number of esters is 1. The molecule has 0 amide bonds. The Morgan fingerprint density at radius 3 is 2.71 bits per heavy atom. The van der Waals surface area contributed by atoms with E-state index in [1.54, 1.807) is 6.92 Å². The summed E-state index contributed by atoms with van der Waals surface area (Å²) in [5.74, 6) is -0.613. The van der Waals surface area contributed by atoms with Crippen LogP contribution in [0.4, 0.5) is 0 Å². The van der Waals surface area contributed by atoms with E-state index in [0.717, 1.165) is 0 Å². The first-order chi connectivity index (χ1) is 8.04. The Balaban J connectivity index is 2.63. The normalized spacial score (nSPS) is 10.5. The van der Waals surface area contributed by atoms with Gasteiger partial charge < -0.3 is 4.74 Å². The summed E-state index contributed by atoms with van der Waals surface area (Å²) in [5, 5.41) is 4.05. The highest BCUT2D eigenvalue weighted by molar-refractivity contribution is 5.94. The van der Waals surface area contributed by atoms with Crippen molar-refractivity contribution in [2.45, 2.75) is 13.8 Å². The average Bonchev–Trinajstić information content (AvgIpc) is 2.65. The number of ether oxygens (including phenoxy) is 1. The van der Waals surface area contributed by atoms with Gasteiger partial charge in [0.05, 0.1) is 24.6 Å². The minimum Gasteiger partial charge on any atom is -0.465 e. The average molecular weight is 233 g/mol. The molecule has 0 fully saturated rings. The molecule has 2 rings (SSSR count). The largest absolute Gasteiger partial charge is 0.465 e. The lowest BCUT2D eigenvalue weighted by atomic mass is 10.3. The van der Waals surface area contributed by atoms with Gasteiger partial charge in [-0.1, -0.05) is 0 Å². The number of aromatic nitrogens is 3. The summed E-state index contributed by atoms with van der Waals surface area (Å²) in [7, 11) is 1.30. The molecule has 2 heterocycles. The summed E-state index contributed by atoms with van der Waals surface area (Å²) >= 11 is 0. The van der Waals surface area contributed by atoms with Crippen molar-refractivity contribution >= 4 is 17.4 Å². The highest BCUT2D eigenvalue weighted by atomic mass is 16.5. The van der Waals surface area contributed by atoms with Crippen molar-refractivity contribution in [1.82, 2.24) is 14.6 Å². The third-order valence-electron chi connectivity index (χ3n) is 2.46. The van der Waals surface area contributed by atoms with E-state index >= 15 is 0 Å². The van der Waals surface area contributed by atoms with Crippen molar-refractivity contribution in [3.05, 3.63) is 29.2 Å². The van der Waals surface area contributed by atoms with Crippen LogP contribution >= 0.6 is 0 Å². The van der Waals surface area contributed by atoms with Gasteiger partial charge in [0, 0.05) is 6.92 Å². The lowest BCUT2D eigenvalue weighted by Crippen LogP contribution is -2.04. The zero-order valence-corrected chi connectivity index (χ0v) is 9.72. The van der Waals surface area contributed by atoms with Gasteiger partial charge in [-0.25, -0.2) is 14.3 Å². The fourth-order valence-corrected chi connectivity index (χ4v) is 1.61. The summed E-state index contributed by atoms with van der Waals surface area (Å²) in [5.41, 5.74) is 1.78. The monoisotopic (exact) mass is 233 g/mol. The molecule has 0 unspecified atom stereocenters. The first-order valence-electron chi connectivity index (χ1n) is 4.99. The molecule has 0 saturated heterocycles. The van der Waals surface area contributed by atoms with Crippen LogP contribution in [0.25, 0.3) is 5.65 Å². The standard InChI is InChI=1S/C11H11N3O3/c1-6-10(7(2)15)13-9-4-8(11(16)17-3)5-12-14(6)9/h4-5H,1-3H3. The molecule has 2 aromatic rings. The van der Waals surface area contributed by atoms with Crippen molar-refractivity contribution in [2.75, 3.05) is 7.11 Å². The van der Waals surface area contributed by atoms with Crippen LogP contribution in [-0.4, -0.2) is 33.5 Å². The molecular formula is C11H11N3O3. The Morgan fingerprint density at radius 1 is 1.41 bits per heavy atom. The second kappa shape index (κ2) is 3.97. The molecule has 0 aliphatic heterocycles. The van der Waals surface area contributed by atoms with Gasteiger partial charge in [0.15, 0.2) is 11.4 Å². The lowest BCUT2D eigenvalue weighted by molar-refractivity contribution is 0.0600. The molecule has 0 aliphatic carbocycles. The van der Waals surface area contributed by atoms with Crippen LogP contribution in [0.2, 0.25) is 0 Å². The predicted molar refractivity (Wildman–Crippen MR) is 59.1 cm³/mol. The van der Waals surface area contributed by atoms with Gasteiger partial charge in [-0.2, -0.15) is 5.10 Å². The number of carbonyl (C=O) groups excluding carboxylic acids is 2. The maximum absolute atomic E-state index is 11.3. The Labute approximate surface area is 97.2 Å². The van der Waals surface area contributed by atoms with E-state index in [4.69, 9.17) is 0 Å². The van der Waals surface area contributed by atoms with Crippen molar-refractivity contribution in [3.8, 4) is 0 Å². The van der Waals surface area contributed by atoms with Crippen molar-refractivity contribution in [3.63, 3.8) is 0 Å². The maximum atomic E-state index is 11.3. The molecule has 0 bridgehead atoms. The predicted octanol–water partition coefficient (Wildman–Crippen LogP) is 1.03. The van der Waals surface area contributed by atoms with E-state index in [2.05, 4.69) is 14.8 Å². The van der Waals surface area contributed by atoms with Crippen LogP contribution in [0.3, 0.4) is 0 Å². The fourth-order valence-electron chi connectivity index (χ4n) is 1.61. The number of fused-ring (bicyclic) bond motifs is 1. The molecule has 0 atom stereocenters. The number of nitrogens with zero attached hydrogens (tertiary/aromatic N) is 3. The molecule has 88 valence electrons. The summed E-state index contributed by atoms with van der Waals surface area (Å²) < 4.78 is 6.10. The zero-order chi connectivity index (χ0) is 12.6. The highest BCUT2D eigenvalue weighted by Gasteiger charge is 2.15. The molecule has 0 saturated carbocycles. The second-order valence-corrected chi connectivity index (χ2v) is 3.61. The Morgan fingerprint density at radius 2 is 2.12 bits per heavy atom. The first kappa shape index (κ1) is 11.3. The van der Waals surface area contributed by atoms with E-state index in [1.165, 1.54) is 30.8 Å². The molecule has 6 heteroatoms. The summed E-state index contributed by atoms with van der Waals surface area (Å²) in [6, 6.07) is 1.54. The number of imidazole rings is 1. The van der Waals surface area contributed by atoms with Crippen molar-refractivity contribution in [2.24, 2.45) is 0 Å². The summed E-state index contributed by atoms with van der Waals surface area (Å²) in [6.07, 6.45) is 1.39. The minimum absolute atomic E-state index is 0.132. The first-order valence-corrected chi connectivity index (χ1v) is 4.99. The van der Waals surface area contributed by atoms with Gasteiger partial charge >= 0.3 is 5.97 Å². The van der Waals surface area contributed by atoms with Gasteiger partial charge in [-0.3, -0.25) is 4.79 Å². The van der Waals surface area contributed by atoms with Crippen LogP contribution in [0.15, 0.2) is 12.3 Å². The molecular weight excluding hydrogens is 222 g/mol. The van der Waals surface area contributed by atoms with Gasteiger partial charge in [0.2, 0.25) is 0 Å². The smallest absolute Gasteiger partial charge is 0.339 e. The maximum Gasteiger partial charge on any atom is 0.339 e.